The number of hydrogen-bond acceptors (Lipinski definition) is 2. The summed E-state index contributed by atoms with van der Waals surface area (Å²) in [6.45, 7) is 0. The number of alkyl halides is 3. The molecule has 116 valence electrons. The largest absolute Gasteiger partial charge is 0.417 e. The molecule has 0 aromatic heterocycles. The Hall–Kier alpha value is -0.850. The predicted molar refractivity (Wildman–Crippen MR) is 80.4 cm³/mol. The van der Waals surface area contributed by atoms with Crippen LogP contribution in [0.1, 0.15) is 49.3 Å². The molecular weight excluding hydrogens is 345 g/mol. The van der Waals surface area contributed by atoms with Gasteiger partial charge in [0, 0.05) is 4.47 Å². The number of halogens is 4. The Bertz CT molecular complexity index is 526. The lowest BCUT2D eigenvalue weighted by molar-refractivity contribution is -0.138. The van der Waals surface area contributed by atoms with Crippen molar-refractivity contribution in [1.82, 2.24) is 5.43 Å². The summed E-state index contributed by atoms with van der Waals surface area (Å²) < 4.78 is 39.1. The van der Waals surface area contributed by atoms with Crippen LogP contribution in [0, 0.1) is 0 Å². The van der Waals surface area contributed by atoms with Crippen LogP contribution < -0.4 is 11.3 Å². The van der Waals surface area contributed by atoms with Gasteiger partial charge in [-0.05, 0) is 43.4 Å². The zero-order chi connectivity index (χ0) is 15.5. The Morgan fingerprint density at radius 2 is 1.95 bits per heavy atom. The maximum absolute atomic E-state index is 13.0. The molecule has 21 heavy (non-hydrogen) atoms. The van der Waals surface area contributed by atoms with E-state index in [1.807, 2.05) is 0 Å². The first-order chi connectivity index (χ1) is 9.93. The summed E-state index contributed by atoms with van der Waals surface area (Å²) in [6.07, 6.45) is 2.86. The number of rotatable bonds is 3. The number of nitrogens with one attached hydrogen (secondary N) is 1. The highest BCUT2D eigenvalue weighted by Crippen LogP contribution is 2.38. The van der Waals surface area contributed by atoms with Crippen molar-refractivity contribution in [3.8, 4) is 0 Å². The van der Waals surface area contributed by atoms with E-state index in [1.54, 1.807) is 6.07 Å². The van der Waals surface area contributed by atoms with Gasteiger partial charge in [0.1, 0.15) is 0 Å². The van der Waals surface area contributed by atoms with Crippen molar-refractivity contribution in [3.05, 3.63) is 45.4 Å². The zero-order valence-corrected chi connectivity index (χ0v) is 13.1. The normalized spacial score (nSPS) is 18.0. The zero-order valence-electron chi connectivity index (χ0n) is 11.5. The summed E-state index contributed by atoms with van der Waals surface area (Å²) in [6, 6.07) is 3.91. The lowest BCUT2D eigenvalue weighted by Gasteiger charge is -2.21. The molecule has 0 spiro atoms. The molecule has 0 amide bonds. The van der Waals surface area contributed by atoms with E-state index in [0.29, 0.717) is 5.56 Å². The summed E-state index contributed by atoms with van der Waals surface area (Å²) in [5, 5.41) is 0. The molecule has 0 aliphatic heterocycles. The second kappa shape index (κ2) is 6.94. The molecule has 0 bridgehead atoms. The second-order valence-corrected chi connectivity index (χ2v) is 6.07. The number of allylic oxidation sites excluding steroid dienone is 1. The quantitative estimate of drug-likeness (QED) is 0.457. The van der Waals surface area contributed by atoms with Gasteiger partial charge in [0.15, 0.2) is 0 Å². The fourth-order valence-electron chi connectivity index (χ4n) is 2.66. The average Bonchev–Trinajstić information content (AvgIpc) is 2.69. The molecule has 0 fully saturated rings. The fraction of sp³-hybridized carbons (Fsp3) is 0.467. The van der Waals surface area contributed by atoms with Gasteiger partial charge in [0.2, 0.25) is 0 Å². The molecule has 3 N–H and O–H groups in total. The van der Waals surface area contributed by atoms with Gasteiger partial charge in [-0.25, -0.2) is 5.43 Å². The highest BCUT2D eigenvalue weighted by atomic mass is 79.9. The molecule has 0 saturated carbocycles. The first-order valence-corrected chi connectivity index (χ1v) is 7.74. The lowest BCUT2D eigenvalue weighted by atomic mass is 9.94. The highest BCUT2D eigenvalue weighted by molar-refractivity contribution is 9.10. The summed E-state index contributed by atoms with van der Waals surface area (Å²) in [5.74, 6) is 5.60. The minimum Gasteiger partial charge on any atom is -0.271 e. The molecule has 6 heteroatoms. The van der Waals surface area contributed by atoms with Gasteiger partial charge in [-0.15, -0.1) is 0 Å². The van der Waals surface area contributed by atoms with E-state index in [2.05, 4.69) is 27.4 Å². The van der Waals surface area contributed by atoms with Crippen LogP contribution in [0.15, 0.2) is 34.3 Å². The van der Waals surface area contributed by atoms with Gasteiger partial charge in [0.25, 0.3) is 0 Å². The number of nitrogens with two attached hydrogens (primary N) is 1. The monoisotopic (exact) mass is 362 g/mol. The molecule has 1 aromatic rings. The number of benzene rings is 1. The van der Waals surface area contributed by atoms with Gasteiger partial charge >= 0.3 is 6.18 Å². The Balaban J connectivity index is 2.36. The summed E-state index contributed by atoms with van der Waals surface area (Å²) >= 11 is 2.96. The maximum Gasteiger partial charge on any atom is 0.417 e. The fourth-order valence-corrected chi connectivity index (χ4v) is 3.13. The van der Waals surface area contributed by atoms with Crippen molar-refractivity contribution in [2.45, 2.75) is 44.3 Å². The predicted octanol–water partition coefficient (Wildman–Crippen LogP) is 4.86. The standard InChI is InChI=1S/C15H18BrF3N2/c16-13-8-7-11(9-12(13)15(17,18)19)14(21-20)10-5-3-1-2-4-6-10/h5,7-9,14,21H,1-4,6,20H2. The van der Waals surface area contributed by atoms with Gasteiger partial charge in [-0.2, -0.15) is 13.2 Å². The maximum atomic E-state index is 13.0. The summed E-state index contributed by atoms with van der Waals surface area (Å²) in [4.78, 5) is 0. The molecule has 2 nitrogen and oxygen atoms in total. The summed E-state index contributed by atoms with van der Waals surface area (Å²) in [7, 11) is 0. The lowest BCUT2D eigenvalue weighted by Crippen LogP contribution is -2.29. The van der Waals surface area contributed by atoms with Crippen LogP contribution in [-0.2, 0) is 6.18 Å². The van der Waals surface area contributed by atoms with E-state index in [4.69, 9.17) is 5.84 Å². The molecule has 1 aliphatic carbocycles. The topological polar surface area (TPSA) is 38.0 Å². The third-order valence-corrected chi connectivity index (χ3v) is 4.43. The van der Waals surface area contributed by atoms with Crippen LogP contribution in [0.25, 0.3) is 0 Å². The van der Waals surface area contributed by atoms with Gasteiger partial charge in [-0.3, -0.25) is 5.84 Å². The molecular formula is C15H18BrF3N2. The van der Waals surface area contributed by atoms with Crippen molar-refractivity contribution in [2.75, 3.05) is 0 Å². The average molecular weight is 363 g/mol. The summed E-state index contributed by atoms with van der Waals surface area (Å²) in [5.41, 5.74) is 3.61. The molecule has 1 atom stereocenters. The van der Waals surface area contributed by atoms with Crippen molar-refractivity contribution in [1.29, 1.82) is 0 Å². The Kier molecular flexibility index (Phi) is 5.46. The van der Waals surface area contributed by atoms with Crippen molar-refractivity contribution >= 4 is 15.9 Å². The van der Waals surface area contributed by atoms with E-state index in [-0.39, 0.29) is 10.5 Å². The van der Waals surface area contributed by atoms with E-state index in [0.717, 1.165) is 37.7 Å². The van der Waals surface area contributed by atoms with Crippen LogP contribution in [-0.4, -0.2) is 0 Å². The molecule has 1 unspecified atom stereocenters. The van der Waals surface area contributed by atoms with Crippen molar-refractivity contribution in [2.24, 2.45) is 5.84 Å². The smallest absolute Gasteiger partial charge is 0.271 e. The van der Waals surface area contributed by atoms with Crippen LogP contribution in [0.4, 0.5) is 13.2 Å². The third-order valence-electron chi connectivity index (χ3n) is 3.74. The van der Waals surface area contributed by atoms with Crippen LogP contribution in [0.2, 0.25) is 0 Å². The minimum absolute atomic E-state index is 0.0457. The second-order valence-electron chi connectivity index (χ2n) is 5.22. The van der Waals surface area contributed by atoms with Gasteiger partial charge < -0.3 is 0 Å². The van der Waals surface area contributed by atoms with Crippen LogP contribution >= 0.6 is 15.9 Å². The van der Waals surface area contributed by atoms with Crippen molar-refractivity contribution < 1.29 is 13.2 Å². The first kappa shape index (κ1) is 16.5. The minimum atomic E-state index is -4.38. The third kappa shape index (κ3) is 4.08. The van der Waals surface area contributed by atoms with Crippen LogP contribution in [0.3, 0.4) is 0 Å². The van der Waals surface area contributed by atoms with Crippen LogP contribution in [0.5, 0.6) is 0 Å². The Morgan fingerprint density at radius 1 is 1.19 bits per heavy atom. The van der Waals surface area contributed by atoms with Crippen molar-refractivity contribution in [3.63, 3.8) is 0 Å². The van der Waals surface area contributed by atoms with E-state index < -0.39 is 11.7 Å². The molecule has 1 aliphatic rings. The molecule has 1 aromatic carbocycles. The SMILES string of the molecule is NNC(C1=CCCCCC1)c1ccc(Br)c(C(F)(F)F)c1. The van der Waals surface area contributed by atoms with E-state index >= 15 is 0 Å². The molecule has 0 radical (unpaired) electrons. The van der Waals surface area contributed by atoms with E-state index in [1.165, 1.54) is 12.1 Å². The Morgan fingerprint density at radius 3 is 2.62 bits per heavy atom. The molecule has 2 rings (SSSR count). The highest BCUT2D eigenvalue weighted by Gasteiger charge is 2.33. The number of hydrogen-bond donors (Lipinski definition) is 2. The first-order valence-electron chi connectivity index (χ1n) is 6.95. The van der Waals surface area contributed by atoms with Gasteiger partial charge in [-0.1, -0.05) is 40.1 Å². The van der Waals surface area contributed by atoms with Gasteiger partial charge in [0.05, 0.1) is 11.6 Å². The van der Waals surface area contributed by atoms with E-state index in [9.17, 15) is 13.2 Å². The molecule has 0 saturated heterocycles. The molecule has 0 heterocycles. The number of hydrazine groups is 1. The Labute approximate surface area is 130 Å².